The number of para-hydroxylation sites is 3. The fraction of sp³-hybridized carbons (Fsp3) is 0.128. The van der Waals surface area contributed by atoms with Crippen molar-refractivity contribution < 1.29 is 0 Å². The van der Waals surface area contributed by atoms with Crippen molar-refractivity contribution in [1.82, 2.24) is 13.7 Å². The van der Waals surface area contributed by atoms with Gasteiger partial charge < -0.3 is 13.7 Å². The highest BCUT2D eigenvalue weighted by molar-refractivity contribution is 6.31. The average Bonchev–Trinajstić information content (AvgIpc) is 3.64. The molecule has 1 fully saturated rings. The normalized spacial score (nSPS) is 15.0. The quantitative estimate of drug-likeness (QED) is 0.212. The van der Waals surface area contributed by atoms with Gasteiger partial charge in [-0.25, -0.2) is 0 Å². The third-order valence-corrected chi connectivity index (χ3v) is 9.61. The lowest BCUT2D eigenvalue weighted by Gasteiger charge is -2.11. The van der Waals surface area contributed by atoms with Gasteiger partial charge >= 0.3 is 0 Å². The van der Waals surface area contributed by atoms with E-state index < -0.39 is 0 Å². The van der Waals surface area contributed by atoms with E-state index in [1.54, 1.807) is 0 Å². The summed E-state index contributed by atoms with van der Waals surface area (Å²) in [4.78, 5) is 0. The second-order valence-corrected chi connectivity index (χ2v) is 12.0. The van der Waals surface area contributed by atoms with Crippen molar-refractivity contribution in [2.45, 2.75) is 31.7 Å². The number of aryl methyl sites for hydroxylation is 1. The van der Waals surface area contributed by atoms with Gasteiger partial charge in [0, 0.05) is 50.0 Å². The second-order valence-electron chi connectivity index (χ2n) is 12.0. The summed E-state index contributed by atoms with van der Waals surface area (Å²) in [5.41, 5.74) is 11.9. The molecule has 0 atom stereocenters. The van der Waals surface area contributed by atoms with Crippen LogP contribution in [-0.4, -0.2) is 13.7 Å². The summed E-state index contributed by atoms with van der Waals surface area (Å²) in [6, 6.07) is 40.8. The number of hydrogen-bond donors (Lipinski definition) is 0. The first-order valence-corrected chi connectivity index (χ1v) is 15.2. The van der Waals surface area contributed by atoms with Gasteiger partial charge in [0.25, 0.3) is 0 Å². The number of hydrogen-bond acceptors (Lipinski definition) is 0. The second kappa shape index (κ2) is 8.27. The lowest BCUT2D eigenvalue weighted by molar-refractivity contribution is 0.760. The standard InChI is InChI=1S/C39H29N3/c1-3-11-25(12-4-1)40-34-23-21-30-28-15-7-9-17-32(28)41(26-13-5-2-6-14-26)38(30)36(34)37-35(40)24-22-31-29-16-8-10-18-33(29)42(39(31)37)27-19-20-27/h1-7,9-15,17-18,21-24,27H,8,16,19-20H2. The molecule has 0 aliphatic heterocycles. The van der Waals surface area contributed by atoms with Crippen LogP contribution in [0.4, 0.5) is 0 Å². The summed E-state index contributed by atoms with van der Waals surface area (Å²) in [6.45, 7) is 0. The number of nitrogens with zero attached hydrogens (tertiary/aromatic N) is 3. The van der Waals surface area contributed by atoms with Crippen LogP contribution in [0.5, 0.6) is 0 Å². The minimum Gasteiger partial charge on any atom is -0.337 e. The van der Waals surface area contributed by atoms with E-state index in [9.17, 15) is 0 Å². The van der Waals surface area contributed by atoms with E-state index in [4.69, 9.17) is 0 Å². The van der Waals surface area contributed by atoms with Crippen LogP contribution in [0.15, 0.2) is 115 Å². The molecule has 200 valence electrons. The van der Waals surface area contributed by atoms with E-state index in [0.717, 1.165) is 12.8 Å². The smallest absolute Gasteiger partial charge is 0.0642 e. The van der Waals surface area contributed by atoms with Gasteiger partial charge in [-0.3, -0.25) is 0 Å². The molecule has 0 radical (unpaired) electrons. The van der Waals surface area contributed by atoms with Crippen LogP contribution in [0.1, 0.15) is 36.6 Å². The van der Waals surface area contributed by atoms with Crippen molar-refractivity contribution in [3.8, 4) is 11.4 Å². The van der Waals surface area contributed by atoms with Crippen molar-refractivity contribution >= 4 is 60.6 Å². The van der Waals surface area contributed by atoms with E-state index in [1.807, 2.05) is 0 Å². The van der Waals surface area contributed by atoms with Crippen LogP contribution >= 0.6 is 0 Å². The van der Waals surface area contributed by atoms with E-state index in [2.05, 4.69) is 135 Å². The van der Waals surface area contributed by atoms with Gasteiger partial charge in [-0.2, -0.15) is 0 Å². The van der Waals surface area contributed by atoms with Crippen molar-refractivity contribution in [3.05, 3.63) is 127 Å². The van der Waals surface area contributed by atoms with Gasteiger partial charge in [-0.1, -0.05) is 72.8 Å². The Morgan fingerprint density at radius 2 is 1.17 bits per heavy atom. The molecule has 42 heavy (non-hydrogen) atoms. The van der Waals surface area contributed by atoms with E-state index in [1.165, 1.54) is 90.0 Å². The Labute approximate surface area is 243 Å². The summed E-state index contributed by atoms with van der Waals surface area (Å²) in [5, 5.41) is 6.76. The van der Waals surface area contributed by atoms with E-state index in [0.29, 0.717) is 6.04 Å². The predicted octanol–water partition coefficient (Wildman–Crippen LogP) is 10.1. The van der Waals surface area contributed by atoms with Gasteiger partial charge in [0.2, 0.25) is 0 Å². The molecule has 1 saturated carbocycles. The topological polar surface area (TPSA) is 14.8 Å². The molecule has 0 bridgehead atoms. The summed E-state index contributed by atoms with van der Waals surface area (Å²) in [7, 11) is 0. The van der Waals surface area contributed by atoms with Gasteiger partial charge in [0.1, 0.15) is 0 Å². The lowest BCUT2D eigenvalue weighted by atomic mass is 9.99. The molecule has 2 aliphatic rings. The minimum atomic E-state index is 0.582. The Bertz CT molecular complexity index is 2390. The SMILES string of the molecule is C1=Cc2c(c3ccc4c(c5c(ccc6c7ccccc7n(-c7ccccc7)c65)n4-c4ccccc4)c3n2C2CC2)CC1. The third kappa shape index (κ3) is 2.90. The molecule has 0 saturated heterocycles. The molecular weight excluding hydrogens is 510 g/mol. The Hall–Kier alpha value is -5.02. The number of aromatic nitrogens is 3. The number of benzene rings is 5. The molecule has 0 N–H and O–H groups in total. The highest BCUT2D eigenvalue weighted by atomic mass is 15.1. The fourth-order valence-electron chi connectivity index (χ4n) is 7.80. The van der Waals surface area contributed by atoms with Gasteiger partial charge in [-0.05, 0) is 79.8 Å². The van der Waals surface area contributed by atoms with Crippen molar-refractivity contribution in [1.29, 1.82) is 0 Å². The zero-order valence-electron chi connectivity index (χ0n) is 23.3. The van der Waals surface area contributed by atoms with Crippen molar-refractivity contribution in [2.24, 2.45) is 0 Å². The number of rotatable bonds is 3. The largest absolute Gasteiger partial charge is 0.337 e. The molecule has 0 spiro atoms. The first-order valence-electron chi connectivity index (χ1n) is 15.2. The molecule has 2 aliphatic carbocycles. The van der Waals surface area contributed by atoms with Gasteiger partial charge in [-0.15, -0.1) is 0 Å². The van der Waals surface area contributed by atoms with Crippen LogP contribution in [0.3, 0.4) is 0 Å². The third-order valence-electron chi connectivity index (χ3n) is 9.61. The first-order chi connectivity index (χ1) is 20.9. The molecule has 3 heteroatoms. The Morgan fingerprint density at radius 1 is 0.524 bits per heavy atom. The van der Waals surface area contributed by atoms with Crippen molar-refractivity contribution in [3.63, 3.8) is 0 Å². The number of fused-ring (bicyclic) bond motifs is 11. The Balaban J connectivity index is 1.52. The molecule has 0 unspecified atom stereocenters. The maximum absolute atomic E-state index is 2.71. The predicted molar refractivity (Wildman–Crippen MR) is 176 cm³/mol. The van der Waals surface area contributed by atoms with E-state index >= 15 is 0 Å². The Morgan fingerprint density at radius 3 is 1.90 bits per heavy atom. The molecule has 5 aromatic carbocycles. The first kappa shape index (κ1) is 22.6. The van der Waals surface area contributed by atoms with E-state index in [-0.39, 0.29) is 0 Å². The molecule has 8 aromatic rings. The zero-order chi connectivity index (χ0) is 27.4. The molecular formula is C39H29N3. The highest BCUT2D eigenvalue weighted by Gasteiger charge is 2.32. The minimum absolute atomic E-state index is 0.582. The zero-order valence-corrected chi connectivity index (χ0v) is 23.3. The Kier molecular flexibility index (Phi) is 4.46. The summed E-state index contributed by atoms with van der Waals surface area (Å²) >= 11 is 0. The van der Waals surface area contributed by atoms with Crippen LogP contribution < -0.4 is 0 Å². The average molecular weight is 540 g/mol. The van der Waals surface area contributed by atoms with Crippen LogP contribution in [-0.2, 0) is 6.42 Å². The van der Waals surface area contributed by atoms with Gasteiger partial charge in [0.05, 0.1) is 27.6 Å². The molecule has 3 nitrogen and oxygen atoms in total. The number of allylic oxidation sites excluding steroid dienone is 1. The summed E-state index contributed by atoms with van der Waals surface area (Å²) in [5.74, 6) is 0. The molecule has 3 aromatic heterocycles. The maximum atomic E-state index is 2.71. The summed E-state index contributed by atoms with van der Waals surface area (Å²) < 4.78 is 7.71. The molecule has 0 amide bonds. The fourth-order valence-corrected chi connectivity index (χ4v) is 7.80. The van der Waals surface area contributed by atoms with Crippen molar-refractivity contribution in [2.75, 3.05) is 0 Å². The maximum Gasteiger partial charge on any atom is 0.0642 e. The van der Waals surface area contributed by atoms with Gasteiger partial charge in [0.15, 0.2) is 0 Å². The lowest BCUT2D eigenvalue weighted by Crippen LogP contribution is -2.00. The van der Waals surface area contributed by atoms with Crippen LogP contribution in [0.25, 0.3) is 72.0 Å². The van der Waals surface area contributed by atoms with Crippen LogP contribution in [0.2, 0.25) is 0 Å². The molecule has 3 heterocycles. The monoisotopic (exact) mass is 539 g/mol. The molecule has 10 rings (SSSR count). The highest BCUT2D eigenvalue weighted by Crippen LogP contribution is 2.49. The van der Waals surface area contributed by atoms with Crippen LogP contribution in [0, 0.1) is 0 Å². The summed E-state index contributed by atoms with van der Waals surface area (Å²) in [6.07, 6.45) is 9.53.